The van der Waals surface area contributed by atoms with Crippen LogP contribution in [0.15, 0.2) is 18.2 Å². The molecule has 0 aliphatic heterocycles. The van der Waals surface area contributed by atoms with Gasteiger partial charge < -0.3 is 10.6 Å². The molecule has 1 fully saturated rings. The zero-order valence-corrected chi connectivity index (χ0v) is 12.7. The molecule has 2 rings (SSSR count). The zero-order chi connectivity index (χ0) is 14.4. The Balaban J connectivity index is 1.89. The van der Waals surface area contributed by atoms with Crippen LogP contribution in [0.5, 0.6) is 0 Å². The third kappa shape index (κ3) is 4.55. The quantitative estimate of drug-likeness (QED) is 0.802. The van der Waals surface area contributed by atoms with E-state index in [9.17, 15) is 4.79 Å². The van der Waals surface area contributed by atoms with Crippen molar-refractivity contribution in [3.63, 3.8) is 0 Å². The van der Waals surface area contributed by atoms with Crippen LogP contribution in [0.25, 0.3) is 0 Å². The Morgan fingerprint density at radius 1 is 1.20 bits per heavy atom. The Morgan fingerprint density at radius 3 is 2.50 bits per heavy atom. The fourth-order valence-corrected chi connectivity index (χ4v) is 2.93. The molecule has 20 heavy (non-hydrogen) atoms. The minimum Gasteiger partial charge on any atom is -0.385 e. The highest BCUT2D eigenvalue weighted by molar-refractivity contribution is 5.89. The summed E-state index contributed by atoms with van der Waals surface area (Å²) >= 11 is 0. The first-order valence-corrected chi connectivity index (χ1v) is 7.77. The zero-order valence-electron chi connectivity index (χ0n) is 12.7. The average molecular weight is 274 g/mol. The number of rotatable bonds is 4. The molecule has 0 aromatic heterocycles. The molecule has 1 aromatic carbocycles. The Morgan fingerprint density at radius 2 is 1.90 bits per heavy atom. The van der Waals surface area contributed by atoms with Gasteiger partial charge in [-0.2, -0.15) is 0 Å². The van der Waals surface area contributed by atoms with Crippen LogP contribution in [0, 0.1) is 12.8 Å². The molecule has 0 radical (unpaired) electrons. The molecule has 2 N–H and O–H groups in total. The van der Waals surface area contributed by atoms with Crippen molar-refractivity contribution in [2.45, 2.75) is 52.4 Å². The molecule has 0 spiro atoms. The summed E-state index contributed by atoms with van der Waals surface area (Å²) in [5.74, 6) is 0.792. The first-order valence-electron chi connectivity index (χ1n) is 7.77. The second-order valence-electron chi connectivity index (χ2n) is 5.95. The van der Waals surface area contributed by atoms with Crippen molar-refractivity contribution < 1.29 is 4.79 Å². The Bertz CT molecular complexity index is 448. The second kappa shape index (κ2) is 7.32. The molecule has 0 saturated heterocycles. The average Bonchev–Trinajstić information content (AvgIpc) is 2.67. The van der Waals surface area contributed by atoms with Gasteiger partial charge in [0.25, 0.3) is 0 Å². The van der Waals surface area contributed by atoms with Crippen molar-refractivity contribution in [3.05, 3.63) is 23.8 Å². The number of anilines is 2. The molecule has 0 unspecified atom stereocenters. The van der Waals surface area contributed by atoms with Gasteiger partial charge >= 0.3 is 0 Å². The van der Waals surface area contributed by atoms with Crippen LogP contribution in [-0.2, 0) is 4.79 Å². The van der Waals surface area contributed by atoms with Crippen molar-refractivity contribution >= 4 is 17.3 Å². The van der Waals surface area contributed by atoms with Crippen LogP contribution in [0.1, 0.15) is 51.0 Å². The van der Waals surface area contributed by atoms with Gasteiger partial charge in [0, 0.05) is 24.8 Å². The van der Waals surface area contributed by atoms with E-state index < -0.39 is 0 Å². The molecule has 1 saturated carbocycles. The lowest BCUT2D eigenvalue weighted by Crippen LogP contribution is -2.14. The summed E-state index contributed by atoms with van der Waals surface area (Å²) in [5, 5.41) is 6.40. The predicted molar refractivity (Wildman–Crippen MR) is 85.2 cm³/mol. The van der Waals surface area contributed by atoms with Gasteiger partial charge in [-0.1, -0.05) is 25.7 Å². The van der Waals surface area contributed by atoms with Crippen LogP contribution < -0.4 is 10.6 Å². The molecule has 110 valence electrons. The number of hydrogen-bond acceptors (Lipinski definition) is 2. The highest BCUT2D eigenvalue weighted by Crippen LogP contribution is 2.24. The summed E-state index contributed by atoms with van der Waals surface area (Å²) in [7, 11) is 0. The molecule has 1 amide bonds. The van der Waals surface area contributed by atoms with Gasteiger partial charge in [-0.15, -0.1) is 0 Å². The number of hydrogen-bond donors (Lipinski definition) is 2. The van der Waals surface area contributed by atoms with E-state index in [0.717, 1.165) is 29.4 Å². The van der Waals surface area contributed by atoms with Gasteiger partial charge in [0.1, 0.15) is 0 Å². The lowest BCUT2D eigenvalue weighted by Gasteiger charge is -2.16. The van der Waals surface area contributed by atoms with Crippen LogP contribution in [0.4, 0.5) is 11.4 Å². The topological polar surface area (TPSA) is 41.1 Å². The molecule has 0 heterocycles. The fourth-order valence-electron chi connectivity index (χ4n) is 2.93. The summed E-state index contributed by atoms with van der Waals surface area (Å²) < 4.78 is 0. The van der Waals surface area contributed by atoms with Gasteiger partial charge in [-0.25, -0.2) is 0 Å². The molecule has 3 heteroatoms. The van der Waals surface area contributed by atoms with Crippen LogP contribution >= 0.6 is 0 Å². The maximum Gasteiger partial charge on any atom is 0.221 e. The summed E-state index contributed by atoms with van der Waals surface area (Å²) in [6.07, 6.45) is 8.29. The maximum atomic E-state index is 11.1. The largest absolute Gasteiger partial charge is 0.385 e. The lowest BCUT2D eigenvalue weighted by molar-refractivity contribution is -0.114. The van der Waals surface area contributed by atoms with Crippen molar-refractivity contribution in [1.29, 1.82) is 0 Å². The van der Waals surface area contributed by atoms with Crippen molar-refractivity contribution in [3.8, 4) is 0 Å². The first-order chi connectivity index (χ1) is 9.65. The summed E-state index contributed by atoms with van der Waals surface area (Å²) in [5.41, 5.74) is 3.16. The fraction of sp³-hybridized carbons (Fsp3) is 0.588. The minimum atomic E-state index is -0.0211. The molecule has 1 aliphatic rings. The summed E-state index contributed by atoms with van der Waals surface area (Å²) in [6, 6.07) is 6.14. The molecule has 0 bridgehead atoms. The molecule has 1 aliphatic carbocycles. The summed E-state index contributed by atoms with van der Waals surface area (Å²) in [4.78, 5) is 11.1. The van der Waals surface area contributed by atoms with E-state index in [0.29, 0.717) is 0 Å². The van der Waals surface area contributed by atoms with E-state index in [1.54, 1.807) is 0 Å². The normalized spacial score (nSPS) is 16.5. The van der Waals surface area contributed by atoms with Crippen LogP contribution in [0.2, 0.25) is 0 Å². The molecule has 3 nitrogen and oxygen atoms in total. The number of aryl methyl sites for hydroxylation is 1. The van der Waals surface area contributed by atoms with Gasteiger partial charge in [-0.05, 0) is 49.4 Å². The van der Waals surface area contributed by atoms with Gasteiger partial charge in [0.05, 0.1) is 0 Å². The minimum absolute atomic E-state index is 0.0211. The number of benzene rings is 1. The SMILES string of the molecule is CC(=O)Nc1ccc(NCC2CCCCCC2)cc1C. The number of carbonyl (C=O) groups excluding carboxylic acids is 1. The standard InChI is InChI=1S/C17H26N2O/c1-13-11-16(9-10-17(13)19-14(2)20)18-12-15-7-5-3-4-6-8-15/h9-11,15,18H,3-8,12H2,1-2H3,(H,19,20). The van der Waals surface area contributed by atoms with Crippen LogP contribution in [-0.4, -0.2) is 12.5 Å². The van der Waals surface area contributed by atoms with Crippen LogP contribution in [0.3, 0.4) is 0 Å². The van der Waals surface area contributed by atoms with Crippen molar-refractivity contribution in [2.24, 2.45) is 5.92 Å². The first kappa shape index (κ1) is 14.9. The molecular weight excluding hydrogens is 248 g/mol. The Kier molecular flexibility index (Phi) is 5.45. The monoisotopic (exact) mass is 274 g/mol. The molecular formula is C17H26N2O. The smallest absolute Gasteiger partial charge is 0.221 e. The Hall–Kier alpha value is -1.51. The summed E-state index contributed by atoms with van der Waals surface area (Å²) in [6.45, 7) is 4.64. The molecule has 0 atom stereocenters. The number of nitrogens with one attached hydrogen (secondary N) is 2. The lowest BCUT2D eigenvalue weighted by atomic mass is 10.0. The highest BCUT2D eigenvalue weighted by Gasteiger charge is 2.12. The molecule has 1 aromatic rings. The van der Waals surface area contributed by atoms with Crippen molar-refractivity contribution in [2.75, 3.05) is 17.2 Å². The van der Waals surface area contributed by atoms with Gasteiger partial charge in [-0.3, -0.25) is 4.79 Å². The third-order valence-corrected chi connectivity index (χ3v) is 4.11. The van der Waals surface area contributed by atoms with Gasteiger partial charge in [0.2, 0.25) is 5.91 Å². The van der Waals surface area contributed by atoms with E-state index in [4.69, 9.17) is 0 Å². The number of amides is 1. The number of carbonyl (C=O) groups is 1. The third-order valence-electron chi connectivity index (χ3n) is 4.11. The van der Waals surface area contributed by atoms with Crippen molar-refractivity contribution in [1.82, 2.24) is 0 Å². The van der Waals surface area contributed by atoms with E-state index in [2.05, 4.69) is 22.8 Å². The van der Waals surface area contributed by atoms with E-state index in [1.807, 2.05) is 13.0 Å². The van der Waals surface area contributed by atoms with E-state index in [-0.39, 0.29) is 5.91 Å². The van der Waals surface area contributed by atoms with E-state index >= 15 is 0 Å². The maximum absolute atomic E-state index is 11.1. The second-order valence-corrected chi connectivity index (χ2v) is 5.95. The predicted octanol–water partition coefficient (Wildman–Crippen LogP) is 4.34. The Labute approximate surface area is 122 Å². The van der Waals surface area contributed by atoms with Gasteiger partial charge in [0.15, 0.2) is 0 Å². The van der Waals surface area contributed by atoms with E-state index in [1.165, 1.54) is 45.4 Å². The highest BCUT2D eigenvalue weighted by atomic mass is 16.1.